The molecule has 1 atom stereocenters. The average molecular weight is 363 g/mol. The van der Waals surface area contributed by atoms with Crippen molar-refractivity contribution in [3.63, 3.8) is 0 Å². The Labute approximate surface area is 157 Å². The molecule has 0 N–H and O–H groups in total. The van der Waals surface area contributed by atoms with Gasteiger partial charge in [-0.3, -0.25) is 9.69 Å². The molecule has 1 unspecified atom stereocenters. The van der Waals surface area contributed by atoms with E-state index >= 15 is 0 Å². The number of hydrogen-bond acceptors (Lipinski definition) is 4. The summed E-state index contributed by atoms with van der Waals surface area (Å²) in [6.07, 6.45) is 9.08. The Balaban J connectivity index is 1.63. The summed E-state index contributed by atoms with van der Waals surface area (Å²) >= 11 is 0. The van der Waals surface area contributed by atoms with Gasteiger partial charge in [0.15, 0.2) is 0 Å². The van der Waals surface area contributed by atoms with Crippen molar-refractivity contribution in [1.29, 1.82) is 0 Å². The van der Waals surface area contributed by atoms with E-state index in [1.54, 1.807) is 7.11 Å². The molecule has 1 spiro atoms. The first-order chi connectivity index (χ1) is 12.5. The van der Waals surface area contributed by atoms with E-state index in [4.69, 9.17) is 4.74 Å². The van der Waals surface area contributed by atoms with Gasteiger partial charge in [-0.2, -0.15) is 0 Å². The number of nitrogens with zero attached hydrogens (tertiary/aromatic N) is 4. The van der Waals surface area contributed by atoms with E-state index in [9.17, 15) is 4.79 Å². The molecule has 3 heterocycles. The summed E-state index contributed by atoms with van der Waals surface area (Å²) in [4.78, 5) is 21.5. The lowest BCUT2D eigenvalue weighted by atomic mass is 9.73. The molecular formula is C20H34N4O2. The second-order valence-electron chi connectivity index (χ2n) is 8.32. The highest BCUT2D eigenvalue weighted by atomic mass is 16.5. The van der Waals surface area contributed by atoms with Gasteiger partial charge in [0.1, 0.15) is 5.82 Å². The van der Waals surface area contributed by atoms with Crippen LogP contribution in [-0.4, -0.2) is 65.2 Å². The lowest BCUT2D eigenvalue weighted by Crippen LogP contribution is -2.54. The molecule has 0 aromatic carbocycles. The highest BCUT2D eigenvalue weighted by Gasteiger charge is 2.41. The van der Waals surface area contributed by atoms with E-state index in [2.05, 4.69) is 39.4 Å². The van der Waals surface area contributed by atoms with E-state index in [0.29, 0.717) is 18.4 Å². The first-order valence-electron chi connectivity index (χ1n) is 10.0. The molecule has 1 aromatic heterocycles. The number of amides is 1. The number of rotatable bonds is 7. The molecule has 0 aliphatic carbocycles. The molecule has 2 saturated heterocycles. The van der Waals surface area contributed by atoms with Gasteiger partial charge in [0, 0.05) is 63.6 Å². The van der Waals surface area contributed by atoms with Crippen LogP contribution in [0, 0.1) is 5.41 Å². The van der Waals surface area contributed by atoms with Gasteiger partial charge in [0.25, 0.3) is 0 Å². The highest BCUT2D eigenvalue weighted by Crippen LogP contribution is 2.39. The molecule has 6 heteroatoms. The number of ether oxygens (including phenoxy) is 1. The largest absolute Gasteiger partial charge is 0.385 e. The van der Waals surface area contributed by atoms with Crippen LogP contribution in [0.2, 0.25) is 0 Å². The number of carbonyl (C=O) groups is 1. The maximum absolute atomic E-state index is 12.3. The Bertz CT molecular complexity index is 600. The normalized spacial score (nSPS) is 24.8. The summed E-state index contributed by atoms with van der Waals surface area (Å²) in [5, 5.41) is 0. The van der Waals surface area contributed by atoms with Crippen LogP contribution in [0.3, 0.4) is 0 Å². The third kappa shape index (κ3) is 4.46. The number of hydrogen-bond donors (Lipinski definition) is 0. The monoisotopic (exact) mass is 362 g/mol. The lowest BCUT2D eigenvalue weighted by molar-refractivity contribution is -0.139. The van der Waals surface area contributed by atoms with Crippen LogP contribution in [0.1, 0.15) is 57.8 Å². The fourth-order valence-electron chi connectivity index (χ4n) is 4.62. The van der Waals surface area contributed by atoms with Crippen molar-refractivity contribution in [2.24, 2.45) is 5.41 Å². The quantitative estimate of drug-likeness (QED) is 0.700. The van der Waals surface area contributed by atoms with Gasteiger partial charge in [-0.15, -0.1) is 0 Å². The van der Waals surface area contributed by atoms with Crippen LogP contribution < -0.4 is 0 Å². The summed E-state index contributed by atoms with van der Waals surface area (Å²) in [7, 11) is 1.72. The highest BCUT2D eigenvalue weighted by molar-refractivity contribution is 5.77. The topological polar surface area (TPSA) is 50.6 Å². The zero-order valence-corrected chi connectivity index (χ0v) is 16.6. The van der Waals surface area contributed by atoms with Gasteiger partial charge in [-0.25, -0.2) is 4.98 Å². The summed E-state index contributed by atoms with van der Waals surface area (Å²) in [5.41, 5.74) is 0.258. The minimum Gasteiger partial charge on any atom is -0.385 e. The molecule has 6 nitrogen and oxygen atoms in total. The molecule has 0 radical (unpaired) electrons. The molecule has 26 heavy (non-hydrogen) atoms. The van der Waals surface area contributed by atoms with Gasteiger partial charge >= 0.3 is 0 Å². The number of aromatic nitrogens is 2. The van der Waals surface area contributed by atoms with Crippen molar-refractivity contribution in [3.8, 4) is 0 Å². The summed E-state index contributed by atoms with van der Waals surface area (Å²) in [6.45, 7) is 9.97. The van der Waals surface area contributed by atoms with E-state index in [0.717, 1.165) is 58.0 Å². The van der Waals surface area contributed by atoms with Gasteiger partial charge in [-0.05, 0) is 46.1 Å². The zero-order valence-electron chi connectivity index (χ0n) is 16.6. The molecule has 2 aliphatic heterocycles. The molecule has 0 bridgehead atoms. The maximum Gasteiger partial charge on any atom is 0.222 e. The molecule has 3 rings (SSSR count). The molecule has 146 valence electrons. The fourth-order valence-corrected chi connectivity index (χ4v) is 4.62. The average Bonchev–Trinajstić information content (AvgIpc) is 3.07. The van der Waals surface area contributed by atoms with Crippen molar-refractivity contribution >= 4 is 5.91 Å². The van der Waals surface area contributed by atoms with Gasteiger partial charge < -0.3 is 14.2 Å². The molecule has 1 aromatic rings. The molecule has 0 saturated carbocycles. The Morgan fingerprint density at radius 3 is 2.92 bits per heavy atom. The second-order valence-corrected chi connectivity index (χ2v) is 8.32. The SMILES string of the molecule is COCCCN1CC2(CCCN(Cc3nccn3C(C)C)C2)CCC1=O. The van der Waals surface area contributed by atoms with E-state index in [-0.39, 0.29) is 5.41 Å². The number of carbonyl (C=O) groups excluding carboxylic acids is 1. The number of imidazole rings is 1. The van der Waals surface area contributed by atoms with Crippen molar-refractivity contribution in [3.05, 3.63) is 18.2 Å². The zero-order chi connectivity index (χ0) is 18.6. The minimum absolute atomic E-state index is 0.258. The van der Waals surface area contributed by atoms with Gasteiger partial charge in [0.2, 0.25) is 5.91 Å². The van der Waals surface area contributed by atoms with Crippen LogP contribution in [0.4, 0.5) is 0 Å². The smallest absolute Gasteiger partial charge is 0.222 e. The van der Waals surface area contributed by atoms with Crippen LogP contribution in [0.15, 0.2) is 12.4 Å². The van der Waals surface area contributed by atoms with E-state index in [1.807, 2.05) is 6.20 Å². The summed E-state index contributed by atoms with van der Waals surface area (Å²) < 4.78 is 7.42. The first-order valence-corrected chi connectivity index (χ1v) is 10.0. The Morgan fingerprint density at radius 1 is 1.31 bits per heavy atom. The number of likely N-dealkylation sites (tertiary alicyclic amines) is 2. The third-order valence-corrected chi connectivity index (χ3v) is 5.94. The predicted molar refractivity (Wildman–Crippen MR) is 102 cm³/mol. The van der Waals surface area contributed by atoms with Crippen LogP contribution in [0.5, 0.6) is 0 Å². The summed E-state index contributed by atoms with van der Waals surface area (Å²) in [6, 6.07) is 0.440. The Hall–Kier alpha value is -1.40. The standard InChI is InChI=1S/C20H34N4O2/c1-17(2)24-12-9-21-18(24)14-22-10-4-7-20(15-22)8-6-19(25)23(16-20)11-5-13-26-3/h9,12,17H,4-8,10-11,13-16H2,1-3H3. The Kier molecular flexibility index (Phi) is 6.35. The van der Waals surface area contributed by atoms with Crippen LogP contribution >= 0.6 is 0 Å². The van der Waals surface area contributed by atoms with Crippen molar-refractivity contribution < 1.29 is 9.53 Å². The van der Waals surface area contributed by atoms with Crippen molar-refractivity contribution in [2.75, 3.05) is 39.9 Å². The molecular weight excluding hydrogens is 328 g/mol. The first kappa shape index (κ1) is 19.4. The molecule has 2 fully saturated rings. The van der Waals surface area contributed by atoms with Crippen LogP contribution in [0.25, 0.3) is 0 Å². The number of piperidine rings is 2. The summed E-state index contributed by atoms with van der Waals surface area (Å²) in [5.74, 6) is 1.47. The molecule has 1 amide bonds. The van der Waals surface area contributed by atoms with Crippen LogP contribution in [-0.2, 0) is 16.1 Å². The minimum atomic E-state index is 0.258. The van der Waals surface area contributed by atoms with E-state index < -0.39 is 0 Å². The third-order valence-electron chi connectivity index (χ3n) is 5.94. The van der Waals surface area contributed by atoms with E-state index in [1.165, 1.54) is 12.8 Å². The second kappa shape index (κ2) is 8.53. The number of methoxy groups -OCH3 is 1. The molecule has 2 aliphatic rings. The van der Waals surface area contributed by atoms with Crippen molar-refractivity contribution in [1.82, 2.24) is 19.4 Å². The van der Waals surface area contributed by atoms with Gasteiger partial charge in [-0.1, -0.05) is 0 Å². The fraction of sp³-hybridized carbons (Fsp3) is 0.800. The van der Waals surface area contributed by atoms with Crippen molar-refractivity contribution in [2.45, 2.75) is 58.5 Å². The lowest BCUT2D eigenvalue weighted by Gasteiger charge is -2.48. The predicted octanol–water partition coefficient (Wildman–Crippen LogP) is 2.71. The maximum atomic E-state index is 12.3. The Morgan fingerprint density at radius 2 is 2.15 bits per heavy atom. The van der Waals surface area contributed by atoms with Gasteiger partial charge in [0.05, 0.1) is 6.54 Å².